The van der Waals surface area contributed by atoms with Crippen LogP contribution in [0.3, 0.4) is 0 Å². The number of hydrogen-bond donors (Lipinski definition) is 0. The second-order valence-electron chi connectivity index (χ2n) is 6.29. The van der Waals surface area contributed by atoms with Crippen molar-refractivity contribution in [2.75, 3.05) is 26.2 Å². The van der Waals surface area contributed by atoms with Crippen LogP contribution in [-0.4, -0.2) is 47.9 Å². The van der Waals surface area contributed by atoms with Crippen LogP contribution in [0, 0.1) is 11.6 Å². The van der Waals surface area contributed by atoms with Gasteiger partial charge in [-0.1, -0.05) is 12.5 Å². The molecule has 1 amide bonds. The Labute approximate surface area is 129 Å². The van der Waals surface area contributed by atoms with Crippen LogP contribution in [0.15, 0.2) is 18.2 Å². The Kier molecular flexibility index (Phi) is 4.71. The summed E-state index contributed by atoms with van der Waals surface area (Å²) >= 11 is 0. The molecule has 2 saturated heterocycles. The molecule has 0 N–H and O–H groups in total. The lowest BCUT2D eigenvalue weighted by Gasteiger charge is -2.32. The molecule has 1 atom stereocenters. The molecule has 1 unspecified atom stereocenters. The number of nitrogens with zero attached hydrogens (tertiary/aromatic N) is 2. The minimum Gasteiger partial charge on any atom is -0.341 e. The van der Waals surface area contributed by atoms with Crippen molar-refractivity contribution in [2.45, 2.75) is 38.1 Å². The highest BCUT2D eigenvalue weighted by Crippen LogP contribution is 2.21. The molecule has 2 aliphatic heterocycles. The first-order valence-electron chi connectivity index (χ1n) is 8.09. The van der Waals surface area contributed by atoms with Gasteiger partial charge in [0.25, 0.3) is 0 Å². The predicted molar refractivity (Wildman–Crippen MR) is 80.5 cm³/mol. The molecule has 22 heavy (non-hydrogen) atoms. The highest BCUT2D eigenvalue weighted by molar-refractivity contribution is 5.79. The molecule has 3 nitrogen and oxygen atoms in total. The number of benzene rings is 1. The molecular formula is C17H22F2N2O. The molecule has 2 fully saturated rings. The summed E-state index contributed by atoms with van der Waals surface area (Å²) in [6.45, 7) is 3.73. The first-order valence-corrected chi connectivity index (χ1v) is 8.09. The van der Waals surface area contributed by atoms with Crippen LogP contribution in [0.1, 0.15) is 31.2 Å². The molecule has 5 heteroatoms. The number of hydrogen-bond acceptors (Lipinski definition) is 2. The summed E-state index contributed by atoms with van der Waals surface area (Å²) in [6.07, 6.45) is 4.79. The van der Waals surface area contributed by atoms with Crippen LogP contribution < -0.4 is 0 Å². The van der Waals surface area contributed by atoms with E-state index in [1.807, 2.05) is 4.90 Å². The van der Waals surface area contributed by atoms with Crippen molar-refractivity contribution in [1.82, 2.24) is 9.80 Å². The quantitative estimate of drug-likeness (QED) is 0.857. The SMILES string of the molecule is O=C(Cc1ccc(F)cc1F)N1CCC(N2CCCCC2)C1. The summed E-state index contributed by atoms with van der Waals surface area (Å²) in [5.74, 6) is -1.31. The van der Waals surface area contributed by atoms with E-state index >= 15 is 0 Å². The van der Waals surface area contributed by atoms with Crippen molar-refractivity contribution in [3.05, 3.63) is 35.4 Å². The Bertz CT molecular complexity index is 543. The van der Waals surface area contributed by atoms with Gasteiger partial charge in [0.15, 0.2) is 0 Å². The first kappa shape index (κ1) is 15.4. The van der Waals surface area contributed by atoms with E-state index < -0.39 is 11.6 Å². The van der Waals surface area contributed by atoms with Crippen molar-refractivity contribution in [3.63, 3.8) is 0 Å². The summed E-state index contributed by atoms with van der Waals surface area (Å²) < 4.78 is 26.5. The number of halogens is 2. The standard InChI is InChI=1S/C17H22F2N2O/c18-14-5-4-13(16(19)11-14)10-17(22)21-9-6-15(12-21)20-7-2-1-3-8-20/h4-5,11,15H,1-3,6-10,12H2. The van der Waals surface area contributed by atoms with Gasteiger partial charge in [-0.15, -0.1) is 0 Å². The van der Waals surface area contributed by atoms with E-state index in [9.17, 15) is 13.6 Å². The number of piperidine rings is 1. The zero-order chi connectivity index (χ0) is 15.5. The maximum absolute atomic E-state index is 13.6. The van der Waals surface area contributed by atoms with Gasteiger partial charge in [-0.25, -0.2) is 8.78 Å². The van der Waals surface area contributed by atoms with Gasteiger partial charge in [0, 0.05) is 25.2 Å². The molecule has 0 saturated carbocycles. The zero-order valence-corrected chi connectivity index (χ0v) is 12.7. The van der Waals surface area contributed by atoms with E-state index in [0.717, 1.165) is 38.7 Å². The van der Waals surface area contributed by atoms with E-state index in [4.69, 9.17) is 0 Å². The van der Waals surface area contributed by atoms with E-state index in [1.165, 1.54) is 31.4 Å². The maximum Gasteiger partial charge on any atom is 0.227 e. The topological polar surface area (TPSA) is 23.6 Å². The molecule has 0 spiro atoms. The number of carbonyl (C=O) groups is 1. The molecule has 1 aromatic carbocycles. The smallest absolute Gasteiger partial charge is 0.227 e. The van der Waals surface area contributed by atoms with E-state index in [0.29, 0.717) is 6.04 Å². The Morgan fingerprint density at radius 1 is 1.14 bits per heavy atom. The third-order valence-corrected chi connectivity index (χ3v) is 4.78. The van der Waals surface area contributed by atoms with E-state index in [2.05, 4.69) is 4.90 Å². The minimum atomic E-state index is -0.639. The third-order valence-electron chi connectivity index (χ3n) is 4.78. The lowest BCUT2D eigenvalue weighted by Crippen LogP contribution is -2.41. The number of carbonyl (C=O) groups excluding carboxylic acids is 1. The van der Waals surface area contributed by atoms with Crippen molar-refractivity contribution in [1.29, 1.82) is 0 Å². The lowest BCUT2D eigenvalue weighted by atomic mass is 10.1. The lowest BCUT2D eigenvalue weighted by molar-refractivity contribution is -0.129. The maximum atomic E-state index is 13.6. The molecule has 2 heterocycles. The Balaban J connectivity index is 1.57. The van der Waals surface area contributed by atoms with Gasteiger partial charge in [0.2, 0.25) is 5.91 Å². The van der Waals surface area contributed by atoms with Crippen molar-refractivity contribution in [3.8, 4) is 0 Å². The summed E-state index contributed by atoms with van der Waals surface area (Å²) in [4.78, 5) is 16.6. The second kappa shape index (κ2) is 6.73. The average molecular weight is 308 g/mol. The first-order chi connectivity index (χ1) is 10.6. The Morgan fingerprint density at radius 3 is 2.64 bits per heavy atom. The average Bonchev–Trinajstić information content (AvgIpc) is 3.01. The van der Waals surface area contributed by atoms with Crippen LogP contribution in [-0.2, 0) is 11.2 Å². The molecule has 0 aromatic heterocycles. The van der Waals surface area contributed by atoms with Crippen LogP contribution in [0.4, 0.5) is 8.78 Å². The number of rotatable bonds is 3. The Morgan fingerprint density at radius 2 is 1.91 bits per heavy atom. The van der Waals surface area contributed by atoms with Crippen molar-refractivity contribution >= 4 is 5.91 Å². The third kappa shape index (κ3) is 3.46. The number of amides is 1. The zero-order valence-electron chi connectivity index (χ0n) is 12.7. The highest BCUT2D eigenvalue weighted by atomic mass is 19.1. The molecule has 2 aliphatic rings. The Hall–Kier alpha value is -1.49. The monoisotopic (exact) mass is 308 g/mol. The molecule has 0 bridgehead atoms. The highest BCUT2D eigenvalue weighted by Gasteiger charge is 2.31. The van der Waals surface area contributed by atoms with Crippen molar-refractivity contribution < 1.29 is 13.6 Å². The van der Waals surface area contributed by atoms with Crippen LogP contribution in [0.25, 0.3) is 0 Å². The summed E-state index contributed by atoms with van der Waals surface area (Å²) in [7, 11) is 0. The fourth-order valence-corrected chi connectivity index (χ4v) is 3.49. The van der Waals surface area contributed by atoms with E-state index in [-0.39, 0.29) is 17.9 Å². The van der Waals surface area contributed by atoms with Gasteiger partial charge in [-0.05, 0) is 44.0 Å². The fourth-order valence-electron chi connectivity index (χ4n) is 3.49. The molecular weight excluding hydrogens is 286 g/mol. The largest absolute Gasteiger partial charge is 0.341 e. The summed E-state index contributed by atoms with van der Waals surface area (Å²) in [6, 6.07) is 3.85. The van der Waals surface area contributed by atoms with Crippen molar-refractivity contribution in [2.24, 2.45) is 0 Å². The van der Waals surface area contributed by atoms with Gasteiger partial charge in [0.1, 0.15) is 11.6 Å². The van der Waals surface area contributed by atoms with Crippen LogP contribution in [0.5, 0.6) is 0 Å². The summed E-state index contributed by atoms with van der Waals surface area (Å²) in [5, 5.41) is 0. The number of likely N-dealkylation sites (tertiary alicyclic amines) is 2. The van der Waals surface area contributed by atoms with Crippen LogP contribution >= 0.6 is 0 Å². The molecule has 1 aromatic rings. The molecule has 0 aliphatic carbocycles. The van der Waals surface area contributed by atoms with Gasteiger partial charge >= 0.3 is 0 Å². The van der Waals surface area contributed by atoms with Gasteiger partial charge in [-0.3, -0.25) is 9.69 Å². The summed E-state index contributed by atoms with van der Waals surface area (Å²) in [5.41, 5.74) is 0.271. The molecule has 120 valence electrons. The fraction of sp³-hybridized carbons (Fsp3) is 0.588. The minimum absolute atomic E-state index is 0.0127. The second-order valence-corrected chi connectivity index (χ2v) is 6.29. The normalized spacial score (nSPS) is 23.0. The van der Waals surface area contributed by atoms with Crippen LogP contribution in [0.2, 0.25) is 0 Å². The van der Waals surface area contributed by atoms with Gasteiger partial charge < -0.3 is 4.90 Å². The van der Waals surface area contributed by atoms with E-state index in [1.54, 1.807) is 0 Å². The van der Waals surface area contributed by atoms with Gasteiger partial charge in [0.05, 0.1) is 6.42 Å². The molecule has 3 rings (SSSR count). The predicted octanol–water partition coefficient (Wildman–Crippen LogP) is 2.59. The molecule has 0 radical (unpaired) electrons. The van der Waals surface area contributed by atoms with Gasteiger partial charge in [-0.2, -0.15) is 0 Å².